The fourth-order valence-electron chi connectivity index (χ4n) is 1.41. The van der Waals surface area contributed by atoms with Crippen LogP contribution < -0.4 is 10.1 Å². The molecule has 0 aliphatic rings. The van der Waals surface area contributed by atoms with Crippen LogP contribution in [0.4, 0.5) is 0 Å². The molecule has 0 bridgehead atoms. The smallest absolute Gasteiger partial charge is 0.162 e. The summed E-state index contributed by atoms with van der Waals surface area (Å²) in [4.78, 5) is 0. The van der Waals surface area contributed by atoms with Gasteiger partial charge in [-0.05, 0) is 18.6 Å². The van der Waals surface area contributed by atoms with E-state index in [1.807, 2.05) is 13.0 Å². The van der Waals surface area contributed by atoms with Crippen molar-refractivity contribution >= 4 is 0 Å². The number of phenols is 1. The Kier molecular flexibility index (Phi) is 4.39. The van der Waals surface area contributed by atoms with Crippen molar-refractivity contribution in [2.24, 2.45) is 0 Å². The van der Waals surface area contributed by atoms with E-state index in [4.69, 9.17) is 9.84 Å². The van der Waals surface area contributed by atoms with E-state index in [9.17, 15) is 5.11 Å². The number of aliphatic hydroxyl groups is 1. The third kappa shape index (κ3) is 3.11. The maximum atomic E-state index is 9.79. The van der Waals surface area contributed by atoms with Crippen molar-refractivity contribution in [3.05, 3.63) is 23.3 Å². The summed E-state index contributed by atoms with van der Waals surface area (Å²) in [7, 11) is 1.53. The average molecular weight is 211 g/mol. The quantitative estimate of drug-likeness (QED) is 0.630. The topological polar surface area (TPSA) is 61.7 Å². The van der Waals surface area contributed by atoms with Gasteiger partial charge in [0.15, 0.2) is 11.5 Å². The van der Waals surface area contributed by atoms with Gasteiger partial charge in [-0.1, -0.05) is 6.07 Å². The van der Waals surface area contributed by atoms with Crippen molar-refractivity contribution in [3.8, 4) is 11.5 Å². The predicted octanol–water partition coefficient (Wildman–Crippen LogP) is 0.791. The summed E-state index contributed by atoms with van der Waals surface area (Å²) in [6, 6.07) is 3.67. The molecule has 0 radical (unpaired) electrons. The van der Waals surface area contributed by atoms with Crippen molar-refractivity contribution < 1.29 is 14.9 Å². The summed E-state index contributed by atoms with van der Waals surface area (Å²) >= 11 is 0. The van der Waals surface area contributed by atoms with E-state index in [0.717, 1.165) is 11.1 Å². The van der Waals surface area contributed by atoms with Crippen LogP contribution in [0.3, 0.4) is 0 Å². The van der Waals surface area contributed by atoms with E-state index in [1.54, 1.807) is 6.07 Å². The first-order chi connectivity index (χ1) is 7.19. The van der Waals surface area contributed by atoms with Crippen molar-refractivity contribution in [1.82, 2.24) is 5.32 Å². The highest BCUT2D eigenvalue weighted by Crippen LogP contribution is 2.30. The number of hydrogen-bond donors (Lipinski definition) is 3. The molecular formula is C11H17NO3. The van der Waals surface area contributed by atoms with Crippen molar-refractivity contribution in [1.29, 1.82) is 0 Å². The molecular weight excluding hydrogens is 194 g/mol. The lowest BCUT2D eigenvalue weighted by Crippen LogP contribution is -2.17. The third-order valence-electron chi connectivity index (χ3n) is 2.12. The molecule has 0 atom stereocenters. The normalized spacial score (nSPS) is 10.3. The summed E-state index contributed by atoms with van der Waals surface area (Å²) in [6.07, 6.45) is 0. The van der Waals surface area contributed by atoms with Crippen LogP contribution in [0.1, 0.15) is 11.1 Å². The fourth-order valence-corrected chi connectivity index (χ4v) is 1.41. The minimum atomic E-state index is 0.0870. The second-order valence-electron chi connectivity index (χ2n) is 3.38. The molecule has 0 unspecified atom stereocenters. The lowest BCUT2D eigenvalue weighted by Gasteiger charge is -2.10. The predicted molar refractivity (Wildman–Crippen MR) is 58.2 cm³/mol. The van der Waals surface area contributed by atoms with Crippen LogP contribution in [-0.4, -0.2) is 30.5 Å². The summed E-state index contributed by atoms with van der Waals surface area (Å²) in [5.74, 6) is 0.643. The van der Waals surface area contributed by atoms with Crippen LogP contribution in [0.5, 0.6) is 11.5 Å². The van der Waals surface area contributed by atoms with Crippen LogP contribution in [-0.2, 0) is 6.54 Å². The molecule has 0 aliphatic heterocycles. The molecule has 1 aromatic rings. The Balaban J connectivity index is 2.81. The first kappa shape index (κ1) is 11.8. The van der Waals surface area contributed by atoms with Gasteiger partial charge in [-0.15, -0.1) is 0 Å². The van der Waals surface area contributed by atoms with E-state index in [2.05, 4.69) is 5.32 Å². The molecule has 0 saturated heterocycles. The summed E-state index contributed by atoms with van der Waals surface area (Å²) < 4.78 is 5.05. The van der Waals surface area contributed by atoms with E-state index >= 15 is 0 Å². The molecule has 0 fully saturated rings. The Morgan fingerprint density at radius 3 is 2.73 bits per heavy atom. The number of benzene rings is 1. The molecule has 1 aromatic carbocycles. The van der Waals surface area contributed by atoms with Gasteiger partial charge in [0.05, 0.1) is 13.7 Å². The van der Waals surface area contributed by atoms with Crippen LogP contribution in [0.15, 0.2) is 12.1 Å². The first-order valence-corrected chi connectivity index (χ1v) is 4.87. The number of nitrogens with one attached hydrogen (secondary N) is 1. The number of hydrogen-bond acceptors (Lipinski definition) is 4. The SMILES string of the molecule is COc1cc(C)cc(CNCCO)c1O. The lowest BCUT2D eigenvalue weighted by atomic mass is 10.1. The lowest BCUT2D eigenvalue weighted by molar-refractivity contribution is 0.291. The second kappa shape index (κ2) is 5.58. The van der Waals surface area contributed by atoms with E-state index in [0.29, 0.717) is 18.8 Å². The summed E-state index contributed by atoms with van der Waals surface area (Å²) in [5, 5.41) is 21.4. The monoisotopic (exact) mass is 211 g/mol. The number of aliphatic hydroxyl groups excluding tert-OH is 1. The molecule has 0 spiro atoms. The maximum Gasteiger partial charge on any atom is 0.162 e. The van der Waals surface area contributed by atoms with E-state index < -0.39 is 0 Å². The van der Waals surface area contributed by atoms with Gasteiger partial charge in [-0.3, -0.25) is 0 Å². The molecule has 0 aromatic heterocycles. The zero-order valence-electron chi connectivity index (χ0n) is 9.08. The molecule has 1 rings (SSSR count). The largest absolute Gasteiger partial charge is 0.504 e. The Labute approximate surface area is 89.5 Å². The number of methoxy groups -OCH3 is 1. The number of ether oxygens (including phenoxy) is 1. The van der Waals surface area contributed by atoms with Gasteiger partial charge in [0, 0.05) is 18.7 Å². The minimum absolute atomic E-state index is 0.0870. The Hall–Kier alpha value is -1.26. The van der Waals surface area contributed by atoms with Gasteiger partial charge in [-0.25, -0.2) is 0 Å². The standard InChI is InChI=1S/C11H17NO3/c1-8-5-9(7-12-3-4-13)11(14)10(6-8)15-2/h5-6,12-14H,3-4,7H2,1-2H3. The number of aryl methyl sites for hydroxylation is 1. The van der Waals surface area contributed by atoms with Crippen molar-refractivity contribution in [3.63, 3.8) is 0 Å². The van der Waals surface area contributed by atoms with Crippen LogP contribution in [0, 0.1) is 6.92 Å². The number of phenolic OH excluding ortho intramolecular Hbond substituents is 1. The molecule has 4 nitrogen and oxygen atoms in total. The molecule has 0 saturated carbocycles. The molecule has 4 heteroatoms. The Morgan fingerprint density at radius 2 is 2.13 bits per heavy atom. The highest BCUT2D eigenvalue weighted by Gasteiger charge is 2.08. The summed E-state index contributed by atoms with van der Waals surface area (Å²) in [5.41, 5.74) is 1.81. The van der Waals surface area contributed by atoms with Gasteiger partial charge in [-0.2, -0.15) is 0 Å². The van der Waals surface area contributed by atoms with E-state index in [1.165, 1.54) is 7.11 Å². The molecule has 0 aliphatic carbocycles. The number of aromatic hydroxyl groups is 1. The highest BCUT2D eigenvalue weighted by molar-refractivity contribution is 5.48. The molecule has 0 amide bonds. The van der Waals surface area contributed by atoms with Gasteiger partial charge in [0.2, 0.25) is 0 Å². The van der Waals surface area contributed by atoms with Crippen LogP contribution in [0.2, 0.25) is 0 Å². The Morgan fingerprint density at radius 1 is 1.40 bits per heavy atom. The molecule has 84 valence electrons. The molecule has 15 heavy (non-hydrogen) atoms. The van der Waals surface area contributed by atoms with Crippen LogP contribution >= 0.6 is 0 Å². The van der Waals surface area contributed by atoms with Crippen molar-refractivity contribution in [2.75, 3.05) is 20.3 Å². The third-order valence-corrected chi connectivity index (χ3v) is 2.12. The first-order valence-electron chi connectivity index (χ1n) is 4.87. The summed E-state index contributed by atoms with van der Waals surface area (Å²) in [6.45, 7) is 3.06. The minimum Gasteiger partial charge on any atom is -0.504 e. The zero-order valence-corrected chi connectivity index (χ0v) is 9.08. The van der Waals surface area contributed by atoms with E-state index in [-0.39, 0.29) is 12.4 Å². The van der Waals surface area contributed by atoms with Gasteiger partial charge in [0.25, 0.3) is 0 Å². The number of rotatable bonds is 5. The highest BCUT2D eigenvalue weighted by atomic mass is 16.5. The van der Waals surface area contributed by atoms with Gasteiger partial charge >= 0.3 is 0 Å². The van der Waals surface area contributed by atoms with Crippen LogP contribution in [0.25, 0.3) is 0 Å². The van der Waals surface area contributed by atoms with Gasteiger partial charge < -0.3 is 20.3 Å². The molecule has 0 heterocycles. The zero-order chi connectivity index (χ0) is 11.3. The Bertz CT molecular complexity index is 326. The molecule has 3 N–H and O–H groups in total. The second-order valence-corrected chi connectivity index (χ2v) is 3.38. The fraction of sp³-hybridized carbons (Fsp3) is 0.455. The van der Waals surface area contributed by atoms with Gasteiger partial charge in [0.1, 0.15) is 0 Å². The average Bonchev–Trinajstić information content (AvgIpc) is 2.23. The van der Waals surface area contributed by atoms with Crippen molar-refractivity contribution in [2.45, 2.75) is 13.5 Å². The maximum absolute atomic E-state index is 9.79.